The van der Waals surface area contributed by atoms with Gasteiger partial charge in [-0.2, -0.15) is 5.10 Å². The van der Waals surface area contributed by atoms with Crippen molar-refractivity contribution < 1.29 is 13.9 Å². The van der Waals surface area contributed by atoms with Crippen LogP contribution in [0.3, 0.4) is 0 Å². The van der Waals surface area contributed by atoms with Crippen molar-refractivity contribution in [3.63, 3.8) is 0 Å². The fourth-order valence-electron chi connectivity index (χ4n) is 5.97. The maximum Gasteiger partial charge on any atom is 0.178 e. The van der Waals surface area contributed by atoms with E-state index in [2.05, 4.69) is 30.0 Å². The summed E-state index contributed by atoms with van der Waals surface area (Å²) in [4.78, 5) is 24.3. The summed E-state index contributed by atoms with van der Waals surface area (Å²) in [5.41, 5.74) is 7.09. The Bertz CT molecular complexity index is 2180. The van der Waals surface area contributed by atoms with Crippen molar-refractivity contribution in [1.82, 2.24) is 40.0 Å². The van der Waals surface area contributed by atoms with E-state index in [1.54, 1.807) is 18.6 Å². The molecular weight excluding hydrogens is 595 g/mol. The van der Waals surface area contributed by atoms with Crippen molar-refractivity contribution in [2.24, 2.45) is 0 Å². The zero-order valence-electron chi connectivity index (χ0n) is 25.5. The van der Waals surface area contributed by atoms with Gasteiger partial charge < -0.3 is 14.5 Å². The molecule has 10 nitrogen and oxygen atoms in total. The fourth-order valence-corrected chi connectivity index (χ4v) is 5.97. The molecule has 7 aromatic rings. The SMILES string of the molecule is Fc1cc(OCCN2CCCC2)cc(-c2ccnc3nc(-c4n[nH]c5ccc(-c6cncc(OCc7ccccc7)c6)nc45)[nH]c23)c1. The fraction of sp³-hybridized carbons (Fsp3) is 0.194. The van der Waals surface area contributed by atoms with Crippen molar-refractivity contribution >= 4 is 22.2 Å². The maximum atomic E-state index is 14.8. The maximum absolute atomic E-state index is 14.8. The van der Waals surface area contributed by atoms with Gasteiger partial charge in [0.25, 0.3) is 0 Å². The van der Waals surface area contributed by atoms with Crippen LogP contribution >= 0.6 is 0 Å². The molecule has 47 heavy (non-hydrogen) atoms. The summed E-state index contributed by atoms with van der Waals surface area (Å²) < 4.78 is 26.8. The Balaban J connectivity index is 1.08. The molecule has 5 aromatic heterocycles. The van der Waals surface area contributed by atoms with Crippen molar-refractivity contribution in [2.45, 2.75) is 19.4 Å². The first-order valence-electron chi connectivity index (χ1n) is 15.6. The number of nitrogens with one attached hydrogen (secondary N) is 2. The molecule has 0 spiro atoms. The van der Waals surface area contributed by atoms with Gasteiger partial charge >= 0.3 is 0 Å². The second-order valence-electron chi connectivity index (χ2n) is 11.6. The zero-order chi connectivity index (χ0) is 31.6. The van der Waals surface area contributed by atoms with E-state index in [9.17, 15) is 4.39 Å². The van der Waals surface area contributed by atoms with Crippen molar-refractivity contribution in [1.29, 1.82) is 0 Å². The summed E-state index contributed by atoms with van der Waals surface area (Å²) in [5, 5.41) is 7.60. The highest BCUT2D eigenvalue weighted by molar-refractivity contribution is 5.95. The van der Waals surface area contributed by atoms with Crippen LogP contribution in [0.15, 0.2) is 91.4 Å². The number of aromatic amines is 2. The summed E-state index contributed by atoms with van der Waals surface area (Å²) in [6.45, 7) is 3.95. The number of imidazole rings is 1. The smallest absolute Gasteiger partial charge is 0.178 e. The number of fused-ring (bicyclic) bond motifs is 2. The van der Waals surface area contributed by atoms with Gasteiger partial charge in [-0.3, -0.25) is 15.0 Å². The molecule has 6 heterocycles. The van der Waals surface area contributed by atoms with E-state index < -0.39 is 0 Å². The average Bonchev–Trinajstić information content (AvgIpc) is 3.87. The first kappa shape index (κ1) is 28.8. The molecule has 1 aliphatic heterocycles. The lowest BCUT2D eigenvalue weighted by atomic mass is 10.1. The Hall–Kier alpha value is -5.68. The van der Waals surface area contributed by atoms with Crippen LogP contribution in [0.2, 0.25) is 0 Å². The molecule has 0 saturated carbocycles. The van der Waals surface area contributed by atoms with Crippen LogP contribution in [0.4, 0.5) is 4.39 Å². The summed E-state index contributed by atoms with van der Waals surface area (Å²) in [6, 6.07) is 22.3. The van der Waals surface area contributed by atoms with Crippen LogP contribution in [0.5, 0.6) is 11.5 Å². The highest BCUT2D eigenvalue weighted by Crippen LogP contribution is 2.33. The standard InChI is InChI=1S/C36H31FN8O2/c37-26-16-24(17-27(19-26)46-15-14-45-12-4-5-13-45)29-10-11-39-35-32(29)41-36(42-35)34-33-31(43-44-34)9-8-30(40-33)25-18-28(21-38-20-25)47-22-23-6-2-1-3-7-23/h1-3,6-11,16-21H,4-5,12-15,22H2,(H,43,44)(H,39,41,42). The first-order chi connectivity index (χ1) is 23.2. The van der Waals surface area contributed by atoms with Crippen LogP contribution in [0.25, 0.3) is 56.1 Å². The van der Waals surface area contributed by atoms with Gasteiger partial charge in [0.1, 0.15) is 36.0 Å². The summed E-state index contributed by atoms with van der Waals surface area (Å²) in [6.07, 6.45) is 7.55. The molecule has 1 aliphatic rings. The first-order valence-corrected chi connectivity index (χ1v) is 15.6. The molecule has 8 rings (SSSR count). The highest BCUT2D eigenvalue weighted by Gasteiger charge is 2.19. The van der Waals surface area contributed by atoms with E-state index in [0.29, 0.717) is 64.2 Å². The molecule has 234 valence electrons. The Kier molecular flexibility index (Phi) is 7.72. The summed E-state index contributed by atoms with van der Waals surface area (Å²) in [5.74, 6) is 1.26. The van der Waals surface area contributed by atoms with Crippen LogP contribution in [0.1, 0.15) is 18.4 Å². The van der Waals surface area contributed by atoms with Gasteiger partial charge in [0, 0.05) is 36.1 Å². The molecule has 0 atom stereocenters. The van der Waals surface area contributed by atoms with Crippen LogP contribution < -0.4 is 9.47 Å². The number of nitrogens with zero attached hydrogens (tertiary/aromatic N) is 6. The normalized spacial score (nSPS) is 13.5. The lowest BCUT2D eigenvalue weighted by molar-refractivity contribution is 0.237. The van der Waals surface area contributed by atoms with Crippen molar-refractivity contribution in [3.05, 3.63) is 103 Å². The minimum atomic E-state index is -0.373. The number of hydrogen-bond acceptors (Lipinski definition) is 8. The minimum Gasteiger partial charge on any atom is -0.492 e. The Morgan fingerprint density at radius 2 is 1.72 bits per heavy atom. The van der Waals surface area contributed by atoms with E-state index in [0.717, 1.165) is 41.8 Å². The number of pyridine rings is 3. The number of rotatable bonds is 10. The van der Waals surface area contributed by atoms with Gasteiger partial charge in [-0.05, 0) is 73.5 Å². The van der Waals surface area contributed by atoms with E-state index in [1.807, 2.05) is 60.7 Å². The van der Waals surface area contributed by atoms with Gasteiger partial charge in [0.15, 0.2) is 17.2 Å². The lowest BCUT2D eigenvalue weighted by Gasteiger charge is -2.15. The topological polar surface area (TPSA) is 118 Å². The van der Waals surface area contributed by atoms with E-state index >= 15 is 0 Å². The third-order valence-corrected chi connectivity index (χ3v) is 8.34. The summed E-state index contributed by atoms with van der Waals surface area (Å²) in [7, 11) is 0. The Labute approximate surface area is 269 Å². The Morgan fingerprint density at radius 1 is 0.851 bits per heavy atom. The molecule has 1 saturated heterocycles. The van der Waals surface area contributed by atoms with Gasteiger partial charge in [-0.1, -0.05) is 30.3 Å². The van der Waals surface area contributed by atoms with Gasteiger partial charge in [0.05, 0.1) is 22.9 Å². The predicted octanol–water partition coefficient (Wildman–Crippen LogP) is 6.82. The number of aromatic nitrogens is 7. The largest absolute Gasteiger partial charge is 0.492 e. The van der Waals surface area contributed by atoms with E-state index in [-0.39, 0.29) is 5.82 Å². The molecule has 2 N–H and O–H groups in total. The van der Waals surface area contributed by atoms with Gasteiger partial charge in [-0.25, -0.2) is 19.3 Å². The van der Waals surface area contributed by atoms with Crippen LogP contribution in [-0.2, 0) is 6.61 Å². The molecule has 1 fully saturated rings. The quantitative estimate of drug-likeness (QED) is 0.170. The zero-order valence-corrected chi connectivity index (χ0v) is 25.5. The predicted molar refractivity (Wildman–Crippen MR) is 177 cm³/mol. The third-order valence-electron chi connectivity index (χ3n) is 8.34. The van der Waals surface area contributed by atoms with Gasteiger partial charge in [0.2, 0.25) is 0 Å². The monoisotopic (exact) mass is 626 g/mol. The number of benzene rings is 2. The van der Waals surface area contributed by atoms with Gasteiger partial charge in [-0.15, -0.1) is 0 Å². The molecule has 0 bridgehead atoms. The van der Waals surface area contributed by atoms with Crippen molar-refractivity contribution in [2.75, 3.05) is 26.2 Å². The van der Waals surface area contributed by atoms with E-state index in [1.165, 1.54) is 25.0 Å². The molecule has 0 unspecified atom stereocenters. The average molecular weight is 627 g/mol. The number of likely N-dealkylation sites (tertiary alicyclic amines) is 1. The number of ether oxygens (including phenoxy) is 2. The number of halogens is 1. The van der Waals surface area contributed by atoms with E-state index in [4.69, 9.17) is 19.4 Å². The minimum absolute atomic E-state index is 0.373. The summed E-state index contributed by atoms with van der Waals surface area (Å²) >= 11 is 0. The molecule has 0 radical (unpaired) electrons. The Morgan fingerprint density at radius 3 is 2.62 bits per heavy atom. The molecule has 0 amide bonds. The number of hydrogen-bond donors (Lipinski definition) is 2. The lowest BCUT2D eigenvalue weighted by Crippen LogP contribution is -2.25. The number of H-pyrrole nitrogens is 2. The van der Waals surface area contributed by atoms with Crippen molar-refractivity contribution in [3.8, 4) is 45.4 Å². The second-order valence-corrected chi connectivity index (χ2v) is 11.6. The second kappa shape index (κ2) is 12.6. The molecular formula is C36H31FN8O2. The highest BCUT2D eigenvalue weighted by atomic mass is 19.1. The third kappa shape index (κ3) is 6.12. The molecule has 2 aromatic carbocycles. The molecule has 11 heteroatoms. The van der Waals surface area contributed by atoms with Crippen LogP contribution in [0, 0.1) is 5.82 Å². The molecule has 0 aliphatic carbocycles. The van der Waals surface area contributed by atoms with Crippen LogP contribution in [-0.4, -0.2) is 66.3 Å².